The van der Waals surface area contributed by atoms with Crippen LogP contribution < -0.4 is 5.32 Å². The van der Waals surface area contributed by atoms with Crippen molar-refractivity contribution in [3.63, 3.8) is 0 Å². The minimum Gasteiger partial charge on any atom is -0.343 e. The molecule has 1 heterocycles. The van der Waals surface area contributed by atoms with Crippen LogP contribution in [0.5, 0.6) is 0 Å². The lowest BCUT2D eigenvalue weighted by atomic mass is 9.71. The van der Waals surface area contributed by atoms with Gasteiger partial charge in [0.1, 0.15) is 0 Å². The molecule has 4 rings (SSSR count). The third-order valence-corrected chi connectivity index (χ3v) is 8.31. The molecule has 1 aliphatic heterocycles. The predicted molar refractivity (Wildman–Crippen MR) is 113 cm³/mol. The Labute approximate surface area is 173 Å². The lowest BCUT2D eigenvalue weighted by Gasteiger charge is -2.43. The number of hydrogen-bond donors (Lipinski definition) is 1. The molecule has 0 spiro atoms. The second-order valence-corrected chi connectivity index (χ2v) is 10.1. The van der Waals surface area contributed by atoms with E-state index in [1.165, 1.54) is 0 Å². The van der Waals surface area contributed by atoms with Crippen molar-refractivity contribution in [2.45, 2.75) is 55.9 Å². The number of sulfonamides is 1. The number of benzene rings is 2. The normalized spacial score (nSPS) is 19.3. The molecule has 6 heteroatoms. The quantitative estimate of drug-likeness (QED) is 0.808. The molecule has 0 atom stereocenters. The van der Waals surface area contributed by atoms with E-state index < -0.39 is 10.0 Å². The van der Waals surface area contributed by atoms with Crippen LogP contribution in [0, 0.1) is 6.92 Å². The maximum absolute atomic E-state index is 13.2. The van der Waals surface area contributed by atoms with Gasteiger partial charge in [0, 0.05) is 18.7 Å². The van der Waals surface area contributed by atoms with E-state index in [-0.39, 0.29) is 16.3 Å². The second-order valence-electron chi connectivity index (χ2n) is 8.20. The number of amides is 1. The summed E-state index contributed by atoms with van der Waals surface area (Å²) < 4.78 is 27.9. The third kappa shape index (κ3) is 3.83. The first-order valence-corrected chi connectivity index (χ1v) is 11.9. The summed E-state index contributed by atoms with van der Waals surface area (Å²) in [6.45, 7) is 2.89. The van der Waals surface area contributed by atoms with E-state index >= 15 is 0 Å². The van der Waals surface area contributed by atoms with Gasteiger partial charge in [0.25, 0.3) is 5.91 Å². The molecule has 2 aliphatic rings. The van der Waals surface area contributed by atoms with Crippen molar-refractivity contribution in [1.82, 2.24) is 9.62 Å². The number of hydrogen-bond acceptors (Lipinski definition) is 3. The van der Waals surface area contributed by atoms with E-state index in [4.69, 9.17) is 0 Å². The van der Waals surface area contributed by atoms with E-state index in [9.17, 15) is 13.2 Å². The first-order chi connectivity index (χ1) is 13.9. The van der Waals surface area contributed by atoms with Gasteiger partial charge in [-0.1, -0.05) is 42.8 Å². The lowest BCUT2D eigenvalue weighted by Crippen LogP contribution is -2.50. The maximum Gasteiger partial charge on any atom is 0.252 e. The summed E-state index contributed by atoms with van der Waals surface area (Å²) in [6, 6.07) is 15.0. The number of nitrogens with zero attached hydrogens (tertiary/aromatic N) is 1. The Hall–Kier alpha value is -2.18. The Morgan fingerprint density at radius 2 is 1.66 bits per heavy atom. The van der Waals surface area contributed by atoms with Crippen molar-refractivity contribution < 1.29 is 13.2 Å². The average Bonchev–Trinajstić information content (AvgIpc) is 2.72. The first-order valence-electron chi connectivity index (χ1n) is 10.4. The van der Waals surface area contributed by atoms with Crippen LogP contribution in [-0.4, -0.2) is 31.7 Å². The second kappa shape index (κ2) is 7.92. The fourth-order valence-electron chi connectivity index (χ4n) is 4.33. The molecule has 0 aromatic heterocycles. The summed E-state index contributed by atoms with van der Waals surface area (Å²) in [5, 5.41) is 3.19. The van der Waals surface area contributed by atoms with E-state index in [1.54, 1.807) is 29.4 Å². The molecule has 1 saturated heterocycles. The first kappa shape index (κ1) is 20.1. The summed E-state index contributed by atoms with van der Waals surface area (Å²) in [4.78, 5) is 13.3. The number of piperidine rings is 1. The van der Waals surface area contributed by atoms with E-state index in [0.717, 1.165) is 44.1 Å². The van der Waals surface area contributed by atoms with Crippen molar-refractivity contribution >= 4 is 15.9 Å². The zero-order valence-corrected chi connectivity index (χ0v) is 17.7. The van der Waals surface area contributed by atoms with Gasteiger partial charge in [0.05, 0.1) is 10.4 Å². The van der Waals surface area contributed by atoms with E-state index in [2.05, 4.69) is 5.32 Å². The SMILES string of the molecule is Cc1ccc(C(=O)NC2(c3ccccc3)CCC2)cc1S(=O)(=O)N1CCCCC1. The summed E-state index contributed by atoms with van der Waals surface area (Å²) in [5.41, 5.74) is 1.82. The van der Waals surface area contributed by atoms with Crippen molar-refractivity contribution in [1.29, 1.82) is 0 Å². The van der Waals surface area contributed by atoms with Gasteiger partial charge in [-0.3, -0.25) is 4.79 Å². The van der Waals surface area contributed by atoms with E-state index in [0.29, 0.717) is 24.2 Å². The number of carbonyl (C=O) groups is 1. The summed E-state index contributed by atoms with van der Waals surface area (Å²) in [6.07, 6.45) is 5.70. The number of carbonyl (C=O) groups excluding carboxylic acids is 1. The molecule has 2 aromatic carbocycles. The Morgan fingerprint density at radius 1 is 0.966 bits per heavy atom. The van der Waals surface area contributed by atoms with Crippen molar-refractivity contribution in [2.24, 2.45) is 0 Å². The molecule has 1 N–H and O–H groups in total. The topological polar surface area (TPSA) is 66.5 Å². The van der Waals surface area contributed by atoms with Gasteiger partial charge >= 0.3 is 0 Å². The highest BCUT2D eigenvalue weighted by atomic mass is 32.2. The summed E-state index contributed by atoms with van der Waals surface area (Å²) in [7, 11) is -3.58. The maximum atomic E-state index is 13.2. The molecular formula is C23H28N2O3S. The molecule has 0 radical (unpaired) electrons. The zero-order chi connectivity index (χ0) is 20.5. The molecule has 0 bridgehead atoms. The van der Waals surface area contributed by atoms with Crippen LogP contribution in [0.4, 0.5) is 0 Å². The molecule has 2 aromatic rings. The molecule has 1 amide bonds. The third-order valence-electron chi connectivity index (χ3n) is 6.27. The minimum absolute atomic E-state index is 0.219. The van der Waals surface area contributed by atoms with Gasteiger partial charge in [0.15, 0.2) is 0 Å². The average molecular weight is 413 g/mol. The molecule has 154 valence electrons. The fourth-order valence-corrected chi connectivity index (χ4v) is 6.09. The predicted octanol–water partition coefficient (Wildman–Crippen LogP) is 3.98. The van der Waals surface area contributed by atoms with Crippen molar-refractivity contribution in [3.05, 3.63) is 65.2 Å². The van der Waals surface area contributed by atoms with Gasteiger partial charge in [0.2, 0.25) is 10.0 Å². The van der Waals surface area contributed by atoms with Gasteiger partial charge in [-0.2, -0.15) is 4.31 Å². The summed E-state index contributed by atoms with van der Waals surface area (Å²) in [5.74, 6) is -0.219. The van der Waals surface area contributed by atoms with Crippen molar-refractivity contribution in [2.75, 3.05) is 13.1 Å². The van der Waals surface area contributed by atoms with E-state index in [1.807, 2.05) is 30.3 Å². The summed E-state index contributed by atoms with van der Waals surface area (Å²) >= 11 is 0. The number of aryl methyl sites for hydroxylation is 1. The smallest absolute Gasteiger partial charge is 0.252 e. The number of rotatable bonds is 5. The van der Waals surface area contributed by atoms with Gasteiger partial charge in [-0.25, -0.2) is 8.42 Å². The van der Waals surface area contributed by atoms with Crippen molar-refractivity contribution in [3.8, 4) is 0 Å². The standard InChI is InChI=1S/C23H28N2O3S/c1-18-11-12-19(17-21(18)29(27,28)25-15-6-3-7-16-25)22(26)24-23(13-8-14-23)20-9-4-2-5-10-20/h2,4-5,9-12,17H,3,6-8,13-16H2,1H3,(H,24,26). The van der Waals surface area contributed by atoms with Gasteiger partial charge in [-0.15, -0.1) is 0 Å². The van der Waals surface area contributed by atoms with Gasteiger partial charge < -0.3 is 5.32 Å². The fraction of sp³-hybridized carbons (Fsp3) is 0.435. The molecule has 29 heavy (non-hydrogen) atoms. The molecular weight excluding hydrogens is 384 g/mol. The van der Waals surface area contributed by atoms with Crippen LogP contribution in [-0.2, 0) is 15.6 Å². The lowest BCUT2D eigenvalue weighted by molar-refractivity contribution is 0.0823. The highest BCUT2D eigenvalue weighted by molar-refractivity contribution is 7.89. The molecule has 2 fully saturated rings. The largest absolute Gasteiger partial charge is 0.343 e. The monoisotopic (exact) mass is 412 g/mol. The van der Waals surface area contributed by atoms with Crippen LogP contribution in [0.3, 0.4) is 0 Å². The zero-order valence-electron chi connectivity index (χ0n) is 16.9. The van der Waals surface area contributed by atoms with Crippen LogP contribution in [0.1, 0.15) is 60.0 Å². The highest BCUT2D eigenvalue weighted by Gasteiger charge is 2.40. The Bertz CT molecular complexity index is 992. The molecule has 0 unspecified atom stereocenters. The Morgan fingerprint density at radius 3 is 2.28 bits per heavy atom. The van der Waals surface area contributed by atoms with Gasteiger partial charge in [-0.05, 0) is 62.3 Å². The number of nitrogens with one attached hydrogen (secondary N) is 1. The highest BCUT2D eigenvalue weighted by Crippen LogP contribution is 2.41. The molecule has 5 nitrogen and oxygen atoms in total. The van der Waals surface area contributed by atoms with Crippen LogP contribution in [0.15, 0.2) is 53.4 Å². The molecule has 1 aliphatic carbocycles. The molecule has 1 saturated carbocycles. The van der Waals surface area contributed by atoms with Crippen LogP contribution in [0.25, 0.3) is 0 Å². The minimum atomic E-state index is -3.58. The van der Waals surface area contributed by atoms with Crippen LogP contribution in [0.2, 0.25) is 0 Å². The Kier molecular flexibility index (Phi) is 5.49. The van der Waals surface area contributed by atoms with Crippen LogP contribution >= 0.6 is 0 Å². The Balaban J connectivity index is 1.61.